The minimum Gasteiger partial charge on any atom is -0.439 e. The highest BCUT2D eigenvalue weighted by Crippen LogP contribution is 2.61. The molecule has 3 atom stereocenters. The van der Waals surface area contributed by atoms with Crippen LogP contribution < -0.4 is 0 Å². The number of hydrogen-bond donors (Lipinski definition) is 40. The van der Waals surface area contributed by atoms with Gasteiger partial charge in [0.1, 0.15) is 0 Å². The standard InChI is InChI=1S/C6H58O61Si62/c1-107(2)60-109(5,6)61-117(126(120(95-34,96-35)54-75-14,121(97-36,98-37)55-76-15)63-112(84-23,85-24)48-69-8,67-116(118(91-30,92-31)52-73-12,119(93-32,94-33)53-74-13)62-111(82-21,83-22)47-68-7)127(66-115(90-29,51-72-11)110(46,81-20)108(3)4,128(122(99-38,100-39)56-77-16,123(101-40,102-41)57-78-17)64-113(86-25,87-26)49-70-9)129(124(103-42,104-43)58-79-18,125(105-44,106-45)59-80-19)65-114(88-27,89-28)50-71-10/h7-46H,1-6H3. The van der Waals surface area contributed by atoms with Crippen molar-refractivity contribution in [2.45, 2.75) is 39.3 Å². The number of hydrogen-bond acceptors (Lipinski definition) is 61. The lowest BCUT2D eigenvalue weighted by atomic mass is 11.9. The second-order valence-electron chi connectivity index (χ2n) is 22.7. The largest absolute Gasteiger partial charge is 0.439 e. The fraction of sp³-hybridized carbons (Fsp3) is 1.00. The van der Waals surface area contributed by atoms with Gasteiger partial charge in [0.15, 0.2) is 9.04 Å². The van der Waals surface area contributed by atoms with Crippen molar-refractivity contribution >= 4 is 540 Å². The molecule has 0 aliphatic carbocycles. The molecule has 80 radical (unpaired) electrons. The Kier molecular flexibility index (Phi) is 69.7. The zero-order valence-corrected chi connectivity index (χ0v) is 125. The van der Waals surface area contributed by atoms with Gasteiger partial charge >= 0.3 is 192 Å². The third kappa shape index (κ3) is 27.0. The van der Waals surface area contributed by atoms with Crippen LogP contribution in [-0.2, 0) is 86.4 Å². The van der Waals surface area contributed by atoms with Gasteiger partial charge in [-0.1, -0.05) is 13.1 Å². The summed E-state index contributed by atoms with van der Waals surface area (Å²) in [4.78, 5) is 527. The van der Waals surface area contributed by atoms with Gasteiger partial charge in [-0.3, -0.25) is 0 Å². The van der Waals surface area contributed by atoms with E-state index in [-0.39, 0.29) is 0 Å². The van der Waals surface area contributed by atoms with Gasteiger partial charge in [0.25, 0.3) is 111 Å². The van der Waals surface area contributed by atoms with E-state index in [4.69, 9.17) is 86.4 Å². The van der Waals surface area contributed by atoms with Gasteiger partial charge in [0.05, 0.1) is 8.31 Å². The molecule has 3 unspecified atom stereocenters. The lowest BCUT2D eigenvalue weighted by Crippen LogP contribution is -3.21. The molecule has 0 fully saturated rings. The van der Waals surface area contributed by atoms with Crippen LogP contribution in [0, 0.1) is 0 Å². The summed E-state index contributed by atoms with van der Waals surface area (Å²) >= 11 is 0. The minimum atomic E-state index is -10.3. The summed E-state index contributed by atoms with van der Waals surface area (Å²) in [6.45, 7) is -101. The van der Waals surface area contributed by atoms with Crippen LogP contribution in [0.4, 0.5) is 0 Å². The van der Waals surface area contributed by atoms with E-state index in [0.717, 1.165) is 26.2 Å². The Balaban J connectivity index is 18.9. The van der Waals surface area contributed by atoms with E-state index < -0.39 is 540 Å². The molecular formula is C6H58O61Si62. The first kappa shape index (κ1) is 140. The Labute approximate surface area is 847 Å². The molecule has 0 aromatic rings. The van der Waals surface area contributed by atoms with Crippen molar-refractivity contribution in [3.05, 3.63) is 0 Å². The molecule has 123 heteroatoms. The quantitative estimate of drug-likeness (QED) is 0.0251. The van der Waals surface area contributed by atoms with E-state index >= 15 is 4.80 Å². The Morgan fingerprint density at radius 1 is 0.186 bits per heavy atom. The first-order chi connectivity index (χ1) is 60.9. The van der Waals surface area contributed by atoms with Crippen LogP contribution in [0.2, 0.25) is 39.3 Å². The van der Waals surface area contributed by atoms with Crippen molar-refractivity contribution in [3.8, 4) is 0 Å². The summed E-state index contributed by atoms with van der Waals surface area (Å²) in [7, 11) is -178. The molecule has 40 N–H and O–H groups in total. The second-order valence-corrected chi connectivity index (χ2v) is 281. The molecule has 0 spiro atoms. The van der Waals surface area contributed by atoms with Gasteiger partial charge in [-0.2, -0.15) is 0 Å². The van der Waals surface area contributed by atoms with E-state index in [9.17, 15) is 187 Å². The van der Waals surface area contributed by atoms with Crippen LogP contribution >= 0.6 is 0 Å². The molecule has 0 bridgehead atoms. The third-order valence-corrected chi connectivity index (χ3v) is 498. The fourth-order valence-electron chi connectivity index (χ4n) is 11.6. The van der Waals surface area contributed by atoms with Gasteiger partial charge in [-0.15, -0.1) is 0 Å². The maximum atomic E-state index is 15.1. The summed E-state index contributed by atoms with van der Waals surface area (Å²) in [6, 6.07) is 0. The summed E-state index contributed by atoms with van der Waals surface area (Å²) in [6.07, 6.45) is 0. The highest BCUT2D eigenvalue weighted by atomic mass is 30.6. The zero-order chi connectivity index (χ0) is 100. The van der Waals surface area contributed by atoms with Crippen molar-refractivity contribution in [1.82, 2.24) is 0 Å². The van der Waals surface area contributed by atoms with E-state index in [1.54, 1.807) is 0 Å². The molecular weight excluding hydrogens is 2790 g/mol. The predicted molar refractivity (Wildman–Crippen MR) is 503 cm³/mol. The highest BCUT2D eigenvalue weighted by Gasteiger charge is 3.09. The molecule has 0 heterocycles. The zero-order valence-electron chi connectivity index (χ0n) is 63.5. The maximum absolute atomic E-state index is 15.1. The summed E-state index contributed by atoms with van der Waals surface area (Å²) in [5, 5.41) is 0. The lowest BCUT2D eigenvalue weighted by Gasteiger charge is -2.76. The average molecular weight is 2850 g/mol. The molecule has 129 heavy (non-hydrogen) atoms. The molecule has 0 amide bonds. The Morgan fingerprint density at radius 2 is 0.395 bits per heavy atom. The smallest absolute Gasteiger partial charge is 0.420 e. The first-order valence-electron chi connectivity index (χ1n) is 30.5. The Bertz CT molecular complexity index is 2820. The summed E-state index contributed by atoms with van der Waals surface area (Å²) in [5.74, 6) is 0. The average Bonchev–Trinajstić information content (AvgIpc) is 0.613. The van der Waals surface area contributed by atoms with E-state index in [2.05, 4.69) is 0 Å². The van der Waals surface area contributed by atoms with Crippen molar-refractivity contribution in [3.63, 3.8) is 0 Å². The molecule has 0 aromatic carbocycles. The van der Waals surface area contributed by atoms with Gasteiger partial charge in [-0.05, 0) is 26.2 Å². The van der Waals surface area contributed by atoms with Crippen LogP contribution in [0.3, 0.4) is 0 Å². The van der Waals surface area contributed by atoms with Crippen LogP contribution in [0.1, 0.15) is 0 Å². The van der Waals surface area contributed by atoms with E-state index in [0.29, 0.717) is 13.1 Å². The lowest BCUT2D eigenvalue weighted by molar-refractivity contribution is 0.292. The van der Waals surface area contributed by atoms with Crippen molar-refractivity contribution in [2.75, 3.05) is 0 Å². The van der Waals surface area contributed by atoms with E-state index in [1.165, 1.54) is 0 Å². The highest BCUT2D eigenvalue weighted by molar-refractivity contribution is 8.35. The first-order valence-corrected chi connectivity index (χ1v) is 152. The molecule has 0 aromatic heterocycles. The Hall–Kier alpha value is 11.0. The van der Waals surface area contributed by atoms with Gasteiger partial charge in [0, 0.05) is 0 Å². The predicted octanol–water partition coefficient (Wildman–Crippen LogP) is -43.8. The normalized spacial score (nSPS) is 16.0. The number of rotatable bonds is 82. The van der Waals surface area contributed by atoms with Crippen molar-refractivity contribution < 1.29 is 278 Å². The van der Waals surface area contributed by atoms with Crippen molar-refractivity contribution in [1.29, 1.82) is 0 Å². The molecule has 0 saturated carbocycles. The van der Waals surface area contributed by atoms with Gasteiger partial charge in [-0.25, -0.2) is 0 Å². The van der Waals surface area contributed by atoms with E-state index in [1.807, 2.05) is 0 Å². The second kappa shape index (κ2) is 64.2. The van der Waals surface area contributed by atoms with Gasteiger partial charge in [0.2, 0.25) is 220 Å². The molecule has 61 nitrogen and oxygen atoms in total. The molecule has 696 valence electrons. The third-order valence-electron chi connectivity index (χ3n) is 16.2. The topological polar surface area (TPSA) is 1000 Å². The monoisotopic (exact) mass is 2840 g/mol. The summed E-state index contributed by atoms with van der Waals surface area (Å²) in [5.41, 5.74) is 0. The van der Waals surface area contributed by atoms with Gasteiger partial charge < -0.3 is 278 Å². The molecule has 0 rings (SSSR count). The van der Waals surface area contributed by atoms with Crippen molar-refractivity contribution in [2.24, 2.45) is 0 Å². The Morgan fingerprint density at radius 3 is 0.581 bits per heavy atom. The van der Waals surface area contributed by atoms with Crippen LogP contribution in [0.25, 0.3) is 0 Å². The minimum absolute atomic E-state index is 0.702. The van der Waals surface area contributed by atoms with Crippen LogP contribution in [0.15, 0.2) is 0 Å². The summed E-state index contributed by atoms with van der Waals surface area (Å²) < 4.78 is 148. The molecule has 0 saturated heterocycles. The fourth-order valence-corrected chi connectivity index (χ4v) is 882. The molecule has 0 aliphatic rings. The van der Waals surface area contributed by atoms with Crippen LogP contribution in [-0.4, -0.2) is 732 Å². The van der Waals surface area contributed by atoms with Crippen LogP contribution in [0.5, 0.6) is 0 Å². The molecule has 0 aliphatic heterocycles. The maximum Gasteiger partial charge on any atom is 0.420 e. The SMILES string of the molecule is C[Si](C)O[Si](C)(C)O[Si](O[Si](O[Si](O[Si]O)([Si]O)[Si]O)([Si](O[Si]O)([Si]O)[Si]O)[Si](O[Si]O)([Si]O)[Si]O)([Si](O[Si](O[Si]O)([Si]O)[Si]O)([Si](O[Si]O)([Si]O)[Si]O)[Si](O[Si]O)([Si]O)[Si]O)[Si](O[Si](O[Si]O)([Si]O)[Si](O)([Si]O)[Si](C)C)([Si](O[Si](O[Si]O)([Si]O)[Si]O)([Si](O[Si]O)([Si]O)[Si]O)[Si](O[Si]O)([Si]O)[Si]O)[Si](O[Si](O[Si]O)([Si]O)[Si]O)([Si](O[Si]O)([Si]O)[Si]O)[Si](O[Si]O)([Si]O)[Si]O.